The summed E-state index contributed by atoms with van der Waals surface area (Å²) in [5.74, 6) is -0.586. The molecule has 0 bridgehead atoms. The Morgan fingerprint density at radius 1 is 0.279 bits per heavy atom. The zero-order valence-corrected chi connectivity index (χ0v) is 56.8. The molecule has 0 aliphatic carbocycles. The molecule has 0 aromatic heterocycles. The van der Waals surface area contributed by atoms with Crippen molar-refractivity contribution in [2.45, 2.75) is 367 Å². The highest BCUT2D eigenvalue weighted by Crippen LogP contribution is 2.18. The van der Waals surface area contributed by atoms with Gasteiger partial charge in [-0.15, -0.1) is 0 Å². The fraction of sp³-hybridized carbons (Fsp3) is 0.728. The number of aliphatic hydroxyl groups excluding tert-OH is 1. The average molecular weight is 1190 g/mol. The number of esters is 2. The van der Waals surface area contributed by atoms with Gasteiger partial charge in [0, 0.05) is 12.8 Å². The van der Waals surface area contributed by atoms with E-state index in [1.807, 2.05) is 0 Å². The van der Waals surface area contributed by atoms with Crippen LogP contribution in [0.2, 0.25) is 0 Å². The van der Waals surface area contributed by atoms with Gasteiger partial charge in [0.05, 0.1) is 6.61 Å². The van der Waals surface area contributed by atoms with Crippen LogP contribution in [-0.2, 0) is 19.1 Å². The summed E-state index contributed by atoms with van der Waals surface area (Å²) in [5.41, 5.74) is 0. The van der Waals surface area contributed by atoms with Gasteiger partial charge in [-0.2, -0.15) is 0 Å². The maximum Gasteiger partial charge on any atom is 0.306 e. The maximum absolute atomic E-state index is 12.4. The Kier molecular flexibility index (Phi) is 72.3. The summed E-state index contributed by atoms with van der Waals surface area (Å²) in [6, 6.07) is 0. The van der Waals surface area contributed by atoms with Gasteiger partial charge in [0.2, 0.25) is 0 Å². The SMILES string of the molecule is CC/C=C\C/C=C\C/C=C\C/C=C\C/C=C\C/C=C\C/C=C\C/C=C\CCCCCCCCCCCCC(=O)OC(CO)COC(=O)CCCCCCCCCCCCCCCCCCCCCCCCCCC/C=C\C/C=C\CCCCCCC. The number of rotatable bonds is 68. The summed E-state index contributed by atoms with van der Waals surface area (Å²) in [6.07, 6.45) is 111. The molecule has 0 radical (unpaired) electrons. The van der Waals surface area contributed by atoms with Gasteiger partial charge >= 0.3 is 11.9 Å². The average Bonchev–Trinajstić information content (AvgIpc) is 3.55. The van der Waals surface area contributed by atoms with E-state index in [0.717, 1.165) is 96.3 Å². The van der Waals surface area contributed by atoms with Crippen molar-refractivity contribution in [1.29, 1.82) is 0 Å². The van der Waals surface area contributed by atoms with E-state index >= 15 is 0 Å². The predicted molar refractivity (Wildman–Crippen MR) is 380 cm³/mol. The topological polar surface area (TPSA) is 72.8 Å². The molecule has 0 fully saturated rings. The van der Waals surface area contributed by atoms with E-state index < -0.39 is 6.10 Å². The van der Waals surface area contributed by atoms with Crippen molar-refractivity contribution in [3.8, 4) is 0 Å². The van der Waals surface area contributed by atoms with Gasteiger partial charge in [-0.05, 0) is 109 Å². The zero-order valence-electron chi connectivity index (χ0n) is 56.8. The first-order chi connectivity index (χ1) is 42.6. The molecule has 5 nitrogen and oxygen atoms in total. The molecule has 1 atom stereocenters. The highest BCUT2D eigenvalue weighted by atomic mass is 16.6. The summed E-state index contributed by atoms with van der Waals surface area (Å²) in [7, 11) is 0. The maximum atomic E-state index is 12.4. The lowest BCUT2D eigenvalue weighted by Crippen LogP contribution is -2.28. The van der Waals surface area contributed by atoms with E-state index in [2.05, 4.69) is 135 Å². The van der Waals surface area contributed by atoms with Crippen LogP contribution in [0.4, 0.5) is 0 Å². The molecule has 1 unspecified atom stereocenters. The summed E-state index contributed by atoms with van der Waals surface area (Å²) in [4.78, 5) is 24.7. The lowest BCUT2D eigenvalue weighted by atomic mass is 10.0. The van der Waals surface area contributed by atoms with Gasteiger partial charge in [0.1, 0.15) is 6.61 Å². The number of hydrogen-bond donors (Lipinski definition) is 1. The van der Waals surface area contributed by atoms with Crippen LogP contribution in [0.25, 0.3) is 0 Å². The largest absolute Gasteiger partial charge is 0.462 e. The molecule has 494 valence electrons. The third kappa shape index (κ3) is 72.8. The number of allylic oxidation sites excluding steroid dienone is 20. The van der Waals surface area contributed by atoms with Crippen molar-refractivity contribution in [2.75, 3.05) is 13.2 Å². The molecule has 0 aromatic rings. The van der Waals surface area contributed by atoms with Gasteiger partial charge in [0.15, 0.2) is 6.10 Å². The number of ether oxygens (including phenoxy) is 2. The molecule has 0 saturated heterocycles. The Morgan fingerprint density at radius 2 is 0.500 bits per heavy atom. The van der Waals surface area contributed by atoms with Crippen LogP contribution in [0.1, 0.15) is 361 Å². The standard InChI is InChI=1S/C81H140O5/c1-3-5-7-9-11-13-15-17-19-21-23-25-27-29-31-33-35-37-39-40-42-43-45-47-49-51-53-55-57-59-61-63-65-67-69-71-73-75-80(83)85-78-79(77-82)86-81(84)76-74-72-70-68-66-64-62-60-58-56-54-52-50-48-46-44-41-38-36-34-32-30-28-26-24-22-20-18-16-14-12-10-8-6-4-2/h6,8,12,14-15,17-18,20-21,23-24,26,30,32,36,38,44,46,50,52,79,82H,3-5,7,9-11,13,16,19,22,25,27-29,31,33-35,37,39-43,45,47-49,51,53-78H2,1-2H3/b8-6-,14-12-,17-15-,20-18-,23-21-,26-24-,32-30-,38-36-,46-44-,52-50-. The molecule has 0 rings (SSSR count). The first kappa shape index (κ1) is 82.3. The van der Waals surface area contributed by atoms with Crippen LogP contribution in [0, 0.1) is 0 Å². The van der Waals surface area contributed by atoms with Crippen molar-refractivity contribution in [1.82, 2.24) is 0 Å². The Morgan fingerprint density at radius 3 is 0.756 bits per heavy atom. The van der Waals surface area contributed by atoms with Gasteiger partial charge in [-0.3, -0.25) is 9.59 Å². The van der Waals surface area contributed by atoms with Gasteiger partial charge < -0.3 is 14.6 Å². The Hall–Kier alpha value is -3.70. The zero-order chi connectivity index (χ0) is 61.9. The Balaban J connectivity index is 3.46. The van der Waals surface area contributed by atoms with E-state index in [1.54, 1.807) is 0 Å². The van der Waals surface area contributed by atoms with Gasteiger partial charge in [-0.1, -0.05) is 360 Å². The third-order valence-electron chi connectivity index (χ3n) is 16.2. The molecule has 0 saturated carbocycles. The van der Waals surface area contributed by atoms with Crippen LogP contribution in [0.5, 0.6) is 0 Å². The number of aliphatic hydroxyl groups is 1. The molecule has 0 aromatic carbocycles. The molecule has 1 N–H and O–H groups in total. The minimum absolute atomic E-state index is 0.0694. The smallest absolute Gasteiger partial charge is 0.306 e. The van der Waals surface area contributed by atoms with Crippen LogP contribution in [0.3, 0.4) is 0 Å². The number of unbranched alkanes of at least 4 members (excludes halogenated alkanes) is 40. The van der Waals surface area contributed by atoms with Gasteiger partial charge in [-0.25, -0.2) is 0 Å². The molecule has 5 heteroatoms. The Labute approximate surface area is 534 Å². The van der Waals surface area contributed by atoms with Crippen LogP contribution in [-0.4, -0.2) is 36.4 Å². The highest BCUT2D eigenvalue weighted by Gasteiger charge is 2.16. The summed E-state index contributed by atoms with van der Waals surface area (Å²) < 4.78 is 10.8. The van der Waals surface area contributed by atoms with Crippen molar-refractivity contribution in [2.24, 2.45) is 0 Å². The monoisotopic (exact) mass is 1190 g/mol. The molecule has 0 aliphatic heterocycles. The van der Waals surface area contributed by atoms with E-state index in [9.17, 15) is 14.7 Å². The van der Waals surface area contributed by atoms with E-state index in [1.165, 1.54) is 238 Å². The fourth-order valence-corrected chi connectivity index (χ4v) is 10.7. The van der Waals surface area contributed by atoms with Crippen LogP contribution >= 0.6 is 0 Å². The second-order valence-electron chi connectivity index (χ2n) is 24.6. The molecule has 0 amide bonds. The lowest BCUT2D eigenvalue weighted by Gasteiger charge is -2.15. The van der Waals surface area contributed by atoms with E-state index in [-0.39, 0.29) is 25.2 Å². The Bertz CT molecular complexity index is 1690. The molecule has 0 aliphatic rings. The summed E-state index contributed by atoms with van der Waals surface area (Å²) in [6.45, 7) is 4.05. The van der Waals surface area contributed by atoms with Crippen molar-refractivity contribution in [3.05, 3.63) is 122 Å². The van der Waals surface area contributed by atoms with Crippen LogP contribution < -0.4 is 0 Å². The quantitative estimate of drug-likeness (QED) is 0.0373. The second kappa shape index (κ2) is 75.5. The van der Waals surface area contributed by atoms with E-state index in [4.69, 9.17) is 9.47 Å². The number of carbonyl (C=O) groups excluding carboxylic acids is 2. The number of carbonyl (C=O) groups is 2. The fourth-order valence-electron chi connectivity index (χ4n) is 10.7. The first-order valence-corrected chi connectivity index (χ1v) is 37.1. The molecule has 0 heterocycles. The van der Waals surface area contributed by atoms with Crippen molar-refractivity contribution < 1.29 is 24.2 Å². The predicted octanol–water partition coefficient (Wildman–Crippen LogP) is 26.1. The van der Waals surface area contributed by atoms with Crippen molar-refractivity contribution >= 4 is 11.9 Å². The normalized spacial score (nSPS) is 12.9. The molecular weight excluding hydrogens is 1050 g/mol. The molecule has 0 spiro atoms. The molecule has 86 heavy (non-hydrogen) atoms. The second-order valence-corrected chi connectivity index (χ2v) is 24.6. The lowest BCUT2D eigenvalue weighted by molar-refractivity contribution is -0.161. The van der Waals surface area contributed by atoms with Crippen molar-refractivity contribution in [3.63, 3.8) is 0 Å². The first-order valence-electron chi connectivity index (χ1n) is 37.1. The number of hydrogen-bond acceptors (Lipinski definition) is 5. The minimum Gasteiger partial charge on any atom is -0.462 e. The van der Waals surface area contributed by atoms with E-state index in [0.29, 0.717) is 12.8 Å². The summed E-state index contributed by atoms with van der Waals surface area (Å²) in [5, 5.41) is 9.72. The summed E-state index contributed by atoms with van der Waals surface area (Å²) >= 11 is 0. The minimum atomic E-state index is -0.782. The molecular formula is C81H140O5. The highest BCUT2D eigenvalue weighted by molar-refractivity contribution is 5.70. The van der Waals surface area contributed by atoms with Crippen LogP contribution in [0.15, 0.2) is 122 Å². The van der Waals surface area contributed by atoms with Gasteiger partial charge in [0.25, 0.3) is 0 Å². The third-order valence-corrected chi connectivity index (χ3v) is 16.2.